The summed E-state index contributed by atoms with van der Waals surface area (Å²) in [7, 11) is 3.60. The molecule has 10 nitrogen and oxygen atoms in total. The maximum Gasteiger partial charge on any atom is 0.233 e. The molecule has 32 heavy (non-hydrogen) atoms. The summed E-state index contributed by atoms with van der Waals surface area (Å²) in [6, 6.07) is 6.74. The molecule has 0 amide bonds. The van der Waals surface area contributed by atoms with Gasteiger partial charge in [0, 0.05) is 59.0 Å². The molecule has 2 aromatic heterocycles. The molecule has 2 heterocycles. The van der Waals surface area contributed by atoms with E-state index in [1.165, 1.54) is 26.5 Å². The summed E-state index contributed by atoms with van der Waals surface area (Å²) < 4.78 is 56.1. The quantitative estimate of drug-likeness (QED) is 0.413. The molecule has 2 rings (SSSR count). The Hall–Kier alpha value is -1.22. The van der Waals surface area contributed by atoms with Crippen molar-refractivity contribution in [3.05, 3.63) is 47.8 Å². The monoisotopic (exact) mass is 568 g/mol. The van der Waals surface area contributed by atoms with Gasteiger partial charge < -0.3 is 5.11 Å². The number of sulfonamides is 2. The van der Waals surface area contributed by atoms with Crippen molar-refractivity contribution >= 4 is 73.9 Å². The lowest BCUT2D eigenvalue weighted by atomic mass is 10.3. The van der Waals surface area contributed by atoms with Crippen molar-refractivity contribution < 1.29 is 26.2 Å². The molecule has 0 saturated heterocycles. The highest BCUT2D eigenvalue weighted by molar-refractivity contribution is 8.26. The Kier molecular flexibility index (Phi) is 13.6. The second kappa shape index (κ2) is 14.1. The Bertz CT molecular complexity index is 1020. The van der Waals surface area contributed by atoms with Crippen LogP contribution in [0.4, 0.5) is 11.6 Å². The second-order valence-electron chi connectivity index (χ2n) is 5.91. The number of rotatable bonds is 6. The SMILES string of the molecule is CN(c1ncccc1CCl)S(C)(=O)=O.CN(c1ncccc1CO)S(C)(=O)=O.O=S(Cl)Cl. The van der Waals surface area contributed by atoms with Crippen LogP contribution in [-0.2, 0) is 41.8 Å². The Balaban J connectivity index is 0.000000515. The van der Waals surface area contributed by atoms with Gasteiger partial charge in [0.2, 0.25) is 29.3 Å². The van der Waals surface area contributed by atoms with Gasteiger partial charge in [-0.2, -0.15) is 0 Å². The molecule has 0 spiro atoms. The summed E-state index contributed by atoms with van der Waals surface area (Å²) in [5.41, 5.74) is 1.18. The lowest BCUT2D eigenvalue weighted by molar-refractivity contribution is 0.282. The summed E-state index contributed by atoms with van der Waals surface area (Å²) in [4.78, 5) is 7.88. The van der Waals surface area contributed by atoms with Gasteiger partial charge in [0.15, 0.2) is 0 Å². The molecule has 182 valence electrons. The van der Waals surface area contributed by atoms with E-state index in [0.717, 1.165) is 21.1 Å². The maximum atomic E-state index is 11.2. The summed E-state index contributed by atoms with van der Waals surface area (Å²) >= 11 is 5.66. The Morgan fingerprint density at radius 3 is 1.56 bits per heavy atom. The summed E-state index contributed by atoms with van der Waals surface area (Å²) in [6.07, 6.45) is 5.23. The van der Waals surface area contributed by atoms with Crippen molar-refractivity contribution in [2.24, 2.45) is 0 Å². The number of hydrogen-bond acceptors (Lipinski definition) is 8. The zero-order valence-corrected chi connectivity index (χ0v) is 22.2. The van der Waals surface area contributed by atoms with Gasteiger partial charge in [0.05, 0.1) is 25.0 Å². The molecule has 0 radical (unpaired) electrons. The van der Waals surface area contributed by atoms with E-state index in [2.05, 4.69) is 31.3 Å². The predicted octanol–water partition coefficient (Wildman–Crippen LogP) is 2.23. The van der Waals surface area contributed by atoms with Crippen LogP contribution in [0.2, 0.25) is 0 Å². The number of aliphatic hydroxyl groups excluding tert-OH is 1. The fourth-order valence-electron chi connectivity index (χ4n) is 1.97. The Labute approximate surface area is 204 Å². The average Bonchev–Trinajstić information content (AvgIpc) is 2.71. The molecule has 0 aliphatic rings. The van der Waals surface area contributed by atoms with Crippen LogP contribution in [0, 0.1) is 0 Å². The molecule has 0 bridgehead atoms. The van der Waals surface area contributed by atoms with Gasteiger partial charge in [-0.3, -0.25) is 8.61 Å². The van der Waals surface area contributed by atoms with Crippen LogP contribution in [0.1, 0.15) is 11.1 Å². The van der Waals surface area contributed by atoms with E-state index in [-0.39, 0.29) is 18.3 Å². The van der Waals surface area contributed by atoms with Gasteiger partial charge in [-0.25, -0.2) is 31.0 Å². The van der Waals surface area contributed by atoms with Crippen molar-refractivity contribution in [2.45, 2.75) is 12.5 Å². The van der Waals surface area contributed by atoms with E-state index in [1.807, 2.05) is 0 Å². The van der Waals surface area contributed by atoms with E-state index in [9.17, 15) is 16.8 Å². The highest BCUT2D eigenvalue weighted by atomic mass is 36.0. The number of aromatic nitrogens is 2. The van der Waals surface area contributed by atoms with Crippen LogP contribution in [0.3, 0.4) is 0 Å². The van der Waals surface area contributed by atoms with Crippen LogP contribution in [0.15, 0.2) is 36.7 Å². The summed E-state index contributed by atoms with van der Waals surface area (Å²) in [6.45, 7) is -0.233. The van der Waals surface area contributed by atoms with Gasteiger partial charge in [-0.1, -0.05) is 12.1 Å². The molecule has 0 aromatic carbocycles. The largest absolute Gasteiger partial charge is 0.392 e. The van der Waals surface area contributed by atoms with E-state index in [1.54, 1.807) is 24.3 Å². The number of hydrogen-bond donors (Lipinski definition) is 1. The van der Waals surface area contributed by atoms with Gasteiger partial charge in [-0.05, 0) is 12.1 Å². The normalized spacial score (nSPS) is 11.0. The van der Waals surface area contributed by atoms with Gasteiger partial charge in [0.1, 0.15) is 11.6 Å². The number of aliphatic hydroxyl groups is 1. The summed E-state index contributed by atoms with van der Waals surface area (Å²) in [5, 5.41) is 8.97. The van der Waals surface area contributed by atoms with E-state index in [0.29, 0.717) is 16.9 Å². The number of anilines is 2. The number of alkyl halides is 1. The van der Waals surface area contributed by atoms with E-state index in [4.69, 9.17) is 20.9 Å². The van der Waals surface area contributed by atoms with Gasteiger partial charge in [0.25, 0.3) is 0 Å². The van der Waals surface area contributed by atoms with Crippen LogP contribution in [0.25, 0.3) is 0 Å². The second-order valence-corrected chi connectivity index (χ2v) is 12.7. The predicted molar refractivity (Wildman–Crippen MR) is 130 cm³/mol. The number of nitrogens with zero attached hydrogens (tertiary/aromatic N) is 4. The topological polar surface area (TPSA) is 138 Å². The molecule has 0 aliphatic heterocycles. The first-order chi connectivity index (χ1) is 14.7. The molecule has 2 aromatic rings. The fraction of sp³-hybridized carbons (Fsp3) is 0.375. The van der Waals surface area contributed by atoms with Crippen LogP contribution >= 0.6 is 33.0 Å². The molecule has 0 saturated carbocycles. The molecule has 0 aliphatic carbocycles. The zero-order valence-electron chi connectivity index (χ0n) is 17.5. The van der Waals surface area contributed by atoms with Crippen LogP contribution < -0.4 is 8.61 Å². The van der Waals surface area contributed by atoms with Crippen molar-refractivity contribution in [1.29, 1.82) is 0 Å². The van der Waals surface area contributed by atoms with Crippen LogP contribution in [0.5, 0.6) is 0 Å². The third kappa shape index (κ3) is 11.1. The highest BCUT2D eigenvalue weighted by Gasteiger charge is 2.16. The third-order valence-corrected chi connectivity index (χ3v) is 6.26. The highest BCUT2D eigenvalue weighted by Crippen LogP contribution is 2.19. The molecule has 16 heteroatoms. The van der Waals surface area contributed by atoms with Crippen molar-refractivity contribution in [2.75, 3.05) is 35.2 Å². The molecular formula is C16H23Cl3N4O6S3. The first kappa shape index (κ1) is 30.8. The molecular weight excluding hydrogens is 547 g/mol. The first-order valence-corrected chi connectivity index (χ1v) is 15.4. The number of halogens is 3. The minimum absolute atomic E-state index is 0.233. The molecule has 0 atom stereocenters. The van der Waals surface area contributed by atoms with Crippen molar-refractivity contribution in [3.63, 3.8) is 0 Å². The van der Waals surface area contributed by atoms with Crippen molar-refractivity contribution in [3.8, 4) is 0 Å². The van der Waals surface area contributed by atoms with E-state index >= 15 is 0 Å². The molecule has 0 fully saturated rings. The van der Waals surface area contributed by atoms with Gasteiger partial charge >= 0.3 is 0 Å². The van der Waals surface area contributed by atoms with Crippen molar-refractivity contribution in [1.82, 2.24) is 9.97 Å². The maximum absolute atomic E-state index is 11.2. The summed E-state index contributed by atoms with van der Waals surface area (Å²) in [5.74, 6) is 0.880. The standard InChI is InChI=1S/C8H11ClN2O2S.C8H12N2O3S.Cl2OS/c1-11(14(2,12)13)8-7(6-9)4-3-5-10-8;1-10(14(2,12)13)8-7(6-11)4-3-5-9-8;1-4(2)3/h3-5H,6H2,1-2H3;3-5,11H,6H2,1-2H3;. The molecule has 1 N–H and O–H groups in total. The minimum atomic E-state index is -3.33. The zero-order chi connectivity index (χ0) is 25.1. The molecule has 0 unspecified atom stereocenters. The fourth-order valence-corrected chi connectivity index (χ4v) is 3.14. The lowest BCUT2D eigenvalue weighted by Gasteiger charge is -2.17. The lowest BCUT2D eigenvalue weighted by Crippen LogP contribution is -2.26. The Morgan fingerprint density at radius 1 is 0.906 bits per heavy atom. The Morgan fingerprint density at radius 2 is 1.25 bits per heavy atom. The minimum Gasteiger partial charge on any atom is -0.392 e. The smallest absolute Gasteiger partial charge is 0.233 e. The van der Waals surface area contributed by atoms with E-state index < -0.39 is 29.3 Å². The van der Waals surface area contributed by atoms with Crippen LogP contribution in [-0.4, -0.2) is 62.7 Å². The first-order valence-electron chi connectivity index (χ1n) is 8.33. The number of pyridine rings is 2. The third-order valence-electron chi connectivity index (χ3n) is 3.64. The van der Waals surface area contributed by atoms with Gasteiger partial charge in [-0.15, -0.1) is 11.6 Å². The average molecular weight is 570 g/mol.